The predicted molar refractivity (Wildman–Crippen MR) is 139 cm³/mol. The zero-order chi connectivity index (χ0) is 25.2. The molecule has 0 spiro atoms. The van der Waals surface area contributed by atoms with Crippen LogP contribution in [0.3, 0.4) is 0 Å². The van der Waals surface area contributed by atoms with E-state index in [9.17, 15) is 5.11 Å². The molecule has 0 radical (unpaired) electrons. The fraction of sp³-hybridized carbons (Fsp3) is 0.464. The minimum atomic E-state index is -0.565. The maximum absolute atomic E-state index is 10.6. The summed E-state index contributed by atoms with van der Waals surface area (Å²) in [5.74, 6) is 2.13. The van der Waals surface area contributed by atoms with Gasteiger partial charge in [-0.1, -0.05) is 31.5 Å². The van der Waals surface area contributed by atoms with Crippen molar-refractivity contribution >= 4 is 0 Å². The average molecular weight is 482 g/mol. The third-order valence-corrected chi connectivity index (χ3v) is 5.90. The summed E-state index contributed by atoms with van der Waals surface area (Å²) in [7, 11) is 1.64. The van der Waals surface area contributed by atoms with Gasteiger partial charge in [0, 0.05) is 25.7 Å². The lowest BCUT2D eigenvalue weighted by Crippen LogP contribution is -2.39. The molecule has 1 N–H and O–H groups in total. The second-order valence-electron chi connectivity index (χ2n) is 9.00. The van der Waals surface area contributed by atoms with Gasteiger partial charge in [0.25, 0.3) is 0 Å². The molecule has 0 aliphatic heterocycles. The summed E-state index contributed by atoms with van der Waals surface area (Å²) >= 11 is 0. The van der Waals surface area contributed by atoms with Gasteiger partial charge in [0.2, 0.25) is 5.88 Å². The molecular weight excluding hydrogens is 442 g/mol. The minimum Gasteiger partial charge on any atom is -0.497 e. The van der Waals surface area contributed by atoms with Crippen LogP contribution in [0.2, 0.25) is 0 Å². The number of ether oxygens (including phenoxy) is 3. The fourth-order valence-corrected chi connectivity index (χ4v) is 3.78. The topological polar surface area (TPSA) is 69.0 Å². The van der Waals surface area contributed by atoms with Gasteiger partial charge in [-0.15, -0.1) is 0 Å². The van der Waals surface area contributed by atoms with Crippen LogP contribution in [0.1, 0.15) is 44.9 Å². The van der Waals surface area contributed by atoms with Crippen LogP contribution in [-0.4, -0.2) is 58.8 Å². The fourth-order valence-electron chi connectivity index (χ4n) is 3.78. The summed E-state index contributed by atoms with van der Waals surface area (Å²) in [5.41, 5.74) is 2.79. The van der Waals surface area contributed by atoms with Crippen LogP contribution in [0.25, 0.3) is 5.69 Å². The number of aryl methyl sites for hydroxylation is 1. The van der Waals surface area contributed by atoms with Crippen molar-refractivity contribution in [2.45, 2.75) is 59.2 Å². The number of aliphatic hydroxyl groups is 1. The van der Waals surface area contributed by atoms with Gasteiger partial charge in [0.15, 0.2) is 0 Å². The molecule has 35 heavy (non-hydrogen) atoms. The molecule has 0 saturated carbocycles. The zero-order valence-corrected chi connectivity index (χ0v) is 21.6. The second-order valence-corrected chi connectivity index (χ2v) is 9.00. The van der Waals surface area contributed by atoms with Crippen molar-refractivity contribution in [3.63, 3.8) is 0 Å². The lowest BCUT2D eigenvalue weighted by molar-refractivity contribution is 0.00842. The van der Waals surface area contributed by atoms with Gasteiger partial charge in [-0.05, 0) is 63.6 Å². The molecule has 0 fully saturated rings. The van der Waals surface area contributed by atoms with E-state index >= 15 is 0 Å². The maximum atomic E-state index is 10.6. The zero-order valence-electron chi connectivity index (χ0n) is 21.6. The van der Waals surface area contributed by atoms with Crippen molar-refractivity contribution in [1.82, 2.24) is 14.7 Å². The smallest absolute Gasteiger partial charge is 0.227 e. The van der Waals surface area contributed by atoms with Crippen LogP contribution in [0, 0.1) is 6.92 Å². The van der Waals surface area contributed by atoms with Crippen molar-refractivity contribution in [2.75, 3.05) is 26.9 Å². The van der Waals surface area contributed by atoms with Gasteiger partial charge in [-0.3, -0.25) is 4.90 Å². The highest BCUT2D eigenvalue weighted by molar-refractivity contribution is 5.44. The van der Waals surface area contributed by atoms with E-state index < -0.39 is 6.10 Å². The average Bonchev–Trinajstić information content (AvgIpc) is 3.17. The lowest BCUT2D eigenvalue weighted by Gasteiger charge is -2.29. The number of para-hydroxylation sites is 1. The van der Waals surface area contributed by atoms with Gasteiger partial charge in [-0.2, -0.15) is 5.10 Å². The Labute approximate surface area is 209 Å². The third-order valence-electron chi connectivity index (χ3n) is 5.90. The van der Waals surface area contributed by atoms with Crippen LogP contribution < -0.4 is 9.47 Å². The molecular formula is C28H39N3O4. The molecule has 0 aliphatic rings. The van der Waals surface area contributed by atoms with E-state index in [-0.39, 0.29) is 6.04 Å². The molecule has 0 bridgehead atoms. The van der Waals surface area contributed by atoms with Gasteiger partial charge < -0.3 is 19.3 Å². The van der Waals surface area contributed by atoms with Crippen molar-refractivity contribution < 1.29 is 19.3 Å². The van der Waals surface area contributed by atoms with Crippen LogP contribution in [0.5, 0.6) is 17.4 Å². The first-order valence-electron chi connectivity index (χ1n) is 12.4. The molecule has 2 aromatic carbocycles. The van der Waals surface area contributed by atoms with E-state index in [4.69, 9.17) is 19.3 Å². The Hall–Kier alpha value is -2.87. The van der Waals surface area contributed by atoms with E-state index in [0.29, 0.717) is 37.9 Å². The third kappa shape index (κ3) is 7.56. The summed E-state index contributed by atoms with van der Waals surface area (Å²) in [4.78, 5) is 2.23. The number of aliphatic hydroxyl groups excluding tert-OH is 1. The van der Waals surface area contributed by atoms with Crippen molar-refractivity contribution in [3.05, 3.63) is 65.9 Å². The SMILES string of the molecule is CCCCOCC(O)CN(Cc1c(C)nn(-c2ccccc2)c1Oc1ccc(OC)cc1)C(C)C. The maximum Gasteiger partial charge on any atom is 0.227 e. The lowest BCUT2D eigenvalue weighted by atomic mass is 10.2. The Balaban J connectivity index is 1.88. The number of methoxy groups -OCH3 is 1. The quantitative estimate of drug-likeness (QED) is 0.312. The highest BCUT2D eigenvalue weighted by Gasteiger charge is 2.24. The van der Waals surface area contributed by atoms with E-state index in [1.165, 1.54) is 0 Å². The second kappa shape index (κ2) is 13.3. The normalized spacial score (nSPS) is 12.3. The van der Waals surface area contributed by atoms with E-state index in [0.717, 1.165) is 35.5 Å². The molecule has 190 valence electrons. The molecule has 7 heteroatoms. The Morgan fingerprint density at radius 3 is 2.34 bits per heavy atom. The Kier molecular flexibility index (Phi) is 10.1. The highest BCUT2D eigenvalue weighted by Crippen LogP contribution is 2.32. The highest BCUT2D eigenvalue weighted by atomic mass is 16.5. The van der Waals surface area contributed by atoms with Crippen molar-refractivity contribution in [2.24, 2.45) is 0 Å². The summed E-state index contributed by atoms with van der Waals surface area (Å²) in [5, 5.41) is 15.4. The number of rotatable bonds is 14. The van der Waals surface area contributed by atoms with E-state index in [1.807, 2.05) is 66.2 Å². The van der Waals surface area contributed by atoms with Gasteiger partial charge >= 0.3 is 0 Å². The van der Waals surface area contributed by atoms with Crippen molar-refractivity contribution in [1.29, 1.82) is 0 Å². The number of benzene rings is 2. The molecule has 1 aromatic heterocycles. The minimum absolute atomic E-state index is 0.216. The van der Waals surface area contributed by atoms with Gasteiger partial charge in [-0.25, -0.2) is 4.68 Å². The van der Waals surface area contributed by atoms with Crippen molar-refractivity contribution in [3.8, 4) is 23.1 Å². The van der Waals surface area contributed by atoms with Crippen LogP contribution in [-0.2, 0) is 11.3 Å². The first-order chi connectivity index (χ1) is 16.9. The number of aromatic nitrogens is 2. The molecule has 3 aromatic rings. The Bertz CT molecular complexity index is 1020. The predicted octanol–water partition coefficient (Wildman–Crippen LogP) is 5.37. The summed E-state index contributed by atoms with van der Waals surface area (Å²) in [6.07, 6.45) is 1.52. The molecule has 1 unspecified atom stereocenters. The molecule has 0 saturated heterocycles. The van der Waals surface area contributed by atoms with Crippen LogP contribution >= 0.6 is 0 Å². The first kappa shape index (κ1) is 26.7. The summed E-state index contributed by atoms with van der Waals surface area (Å²) in [6, 6.07) is 17.7. The first-order valence-corrected chi connectivity index (χ1v) is 12.4. The Morgan fingerprint density at radius 1 is 1.03 bits per heavy atom. The Morgan fingerprint density at radius 2 is 1.71 bits per heavy atom. The summed E-state index contributed by atoms with van der Waals surface area (Å²) < 4.78 is 19.2. The van der Waals surface area contributed by atoms with Gasteiger partial charge in [0.1, 0.15) is 11.5 Å². The molecule has 0 aliphatic carbocycles. The molecule has 3 rings (SSSR count). The van der Waals surface area contributed by atoms with E-state index in [1.54, 1.807) is 7.11 Å². The molecule has 1 heterocycles. The molecule has 1 atom stereocenters. The van der Waals surface area contributed by atoms with Crippen LogP contribution in [0.4, 0.5) is 0 Å². The monoisotopic (exact) mass is 481 g/mol. The molecule has 0 amide bonds. The number of hydrogen-bond acceptors (Lipinski definition) is 6. The summed E-state index contributed by atoms with van der Waals surface area (Å²) in [6.45, 7) is 10.5. The number of hydrogen-bond donors (Lipinski definition) is 1. The number of unbranched alkanes of at least 4 members (excludes halogenated alkanes) is 1. The number of nitrogens with zero attached hydrogens (tertiary/aromatic N) is 3. The van der Waals surface area contributed by atoms with Gasteiger partial charge in [0.05, 0.1) is 36.8 Å². The van der Waals surface area contributed by atoms with Crippen LogP contribution in [0.15, 0.2) is 54.6 Å². The largest absolute Gasteiger partial charge is 0.497 e. The standard InChI is InChI=1S/C28H39N3O4/c1-6-7-17-34-20-24(32)18-30(21(2)3)19-27-22(4)29-31(23-11-9-8-10-12-23)28(27)35-26-15-13-25(33-5)14-16-26/h8-16,21,24,32H,6-7,17-20H2,1-5H3. The molecule has 7 nitrogen and oxygen atoms in total. The van der Waals surface area contributed by atoms with E-state index in [2.05, 4.69) is 25.7 Å².